The highest BCUT2D eigenvalue weighted by Crippen LogP contribution is 2.15. The Hall–Kier alpha value is -0.730. The van der Waals surface area contributed by atoms with E-state index in [0.29, 0.717) is 52.7 Å². The molecule has 3 rings (SSSR count). The topological polar surface area (TPSA) is 54.5 Å². The zero-order valence-corrected chi connectivity index (χ0v) is 12.5. The fraction of sp³-hybridized carbons (Fsp3) is 0.929. The molecule has 0 saturated carbocycles. The zero-order chi connectivity index (χ0) is 14.5. The molecule has 3 heterocycles. The summed E-state index contributed by atoms with van der Waals surface area (Å²) in [7, 11) is 0. The molecule has 3 saturated heterocycles. The molecule has 0 radical (unpaired) electrons. The highest BCUT2D eigenvalue weighted by atomic mass is 16.5. The minimum atomic E-state index is -0.170. The van der Waals surface area contributed by atoms with Crippen LogP contribution in [0.1, 0.15) is 0 Å². The number of carbonyl (C=O) groups is 1. The Morgan fingerprint density at radius 1 is 0.667 bits per heavy atom. The van der Waals surface area contributed by atoms with E-state index in [1.807, 2.05) is 4.90 Å². The molecule has 0 bridgehead atoms. The van der Waals surface area contributed by atoms with Crippen molar-refractivity contribution in [3.8, 4) is 0 Å². The van der Waals surface area contributed by atoms with E-state index in [1.54, 1.807) is 0 Å². The van der Waals surface area contributed by atoms with Crippen molar-refractivity contribution in [3.05, 3.63) is 0 Å². The van der Waals surface area contributed by atoms with E-state index >= 15 is 0 Å². The van der Waals surface area contributed by atoms with Crippen LogP contribution in [0, 0.1) is 0 Å². The SMILES string of the molecule is O=C(C(N1CCOCC1)N1CCOCC1)N1CCOCC1. The van der Waals surface area contributed by atoms with Gasteiger partial charge in [-0.05, 0) is 0 Å². The van der Waals surface area contributed by atoms with Crippen molar-refractivity contribution in [1.82, 2.24) is 14.7 Å². The van der Waals surface area contributed by atoms with Crippen molar-refractivity contribution >= 4 is 5.91 Å². The molecule has 0 atom stereocenters. The number of hydrogen-bond donors (Lipinski definition) is 0. The summed E-state index contributed by atoms with van der Waals surface area (Å²) >= 11 is 0. The van der Waals surface area contributed by atoms with Crippen LogP contribution in [0.5, 0.6) is 0 Å². The Bertz CT molecular complexity index is 319. The monoisotopic (exact) mass is 299 g/mol. The summed E-state index contributed by atoms with van der Waals surface area (Å²) in [6.07, 6.45) is -0.170. The number of hydrogen-bond acceptors (Lipinski definition) is 6. The fourth-order valence-electron chi connectivity index (χ4n) is 3.13. The summed E-state index contributed by atoms with van der Waals surface area (Å²) in [4.78, 5) is 19.5. The van der Waals surface area contributed by atoms with Crippen molar-refractivity contribution < 1.29 is 19.0 Å². The molecule has 0 aromatic heterocycles. The second-order valence-electron chi connectivity index (χ2n) is 5.61. The van der Waals surface area contributed by atoms with Gasteiger partial charge in [0.2, 0.25) is 0 Å². The van der Waals surface area contributed by atoms with E-state index in [0.717, 1.165) is 26.2 Å². The molecule has 3 aliphatic heterocycles. The maximum Gasteiger partial charge on any atom is 0.255 e. The summed E-state index contributed by atoms with van der Waals surface area (Å²) in [5.41, 5.74) is 0. The van der Waals surface area contributed by atoms with E-state index in [2.05, 4.69) is 9.80 Å². The largest absolute Gasteiger partial charge is 0.379 e. The smallest absolute Gasteiger partial charge is 0.255 e. The molecular weight excluding hydrogens is 274 g/mol. The molecule has 3 fully saturated rings. The molecule has 0 aliphatic carbocycles. The van der Waals surface area contributed by atoms with Gasteiger partial charge >= 0.3 is 0 Å². The summed E-state index contributed by atoms with van der Waals surface area (Å²) in [5, 5.41) is 0. The third kappa shape index (κ3) is 3.73. The minimum Gasteiger partial charge on any atom is -0.379 e. The van der Waals surface area contributed by atoms with E-state index in [-0.39, 0.29) is 12.1 Å². The fourth-order valence-corrected chi connectivity index (χ4v) is 3.13. The summed E-state index contributed by atoms with van der Waals surface area (Å²) < 4.78 is 16.2. The predicted molar refractivity (Wildman–Crippen MR) is 76.0 cm³/mol. The van der Waals surface area contributed by atoms with Crippen LogP contribution in [0.15, 0.2) is 0 Å². The second-order valence-corrected chi connectivity index (χ2v) is 5.61. The van der Waals surface area contributed by atoms with Gasteiger partial charge in [0.15, 0.2) is 0 Å². The van der Waals surface area contributed by atoms with Crippen molar-refractivity contribution in [2.24, 2.45) is 0 Å². The van der Waals surface area contributed by atoms with Crippen LogP contribution < -0.4 is 0 Å². The van der Waals surface area contributed by atoms with E-state index in [9.17, 15) is 4.79 Å². The van der Waals surface area contributed by atoms with Crippen LogP contribution in [-0.4, -0.2) is 106 Å². The Labute approximate surface area is 125 Å². The first-order chi connectivity index (χ1) is 10.4. The molecule has 21 heavy (non-hydrogen) atoms. The first kappa shape index (κ1) is 15.2. The maximum absolute atomic E-state index is 13.0. The molecule has 7 nitrogen and oxygen atoms in total. The summed E-state index contributed by atoms with van der Waals surface area (Å²) in [5.74, 6) is 0.210. The van der Waals surface area contributed by atoms with Crippen molar-refractivity contribution in [2.75, 3.05) is 78.9 Å². The summed E-state index contributed by atoms with van der Waals surface area (Å²) in [6.45, 7) is 8.78. The molecule has 0 N–H and O–H groups in total. The van der Waals surface area contributed by atoms with Crippen LogP contribution in [0.25, 0.3) is 0 Å². The number of nitrogens with zero attached hydrogens (tertiary/aromatic N) is 3. The van der Waals surface area contributed by atoms with E-state index < -0.39 is 0 Å². The lowest BCUT2D eigenvalue weighted by Gasteiger charge is -2.44. The second kappa shape index (κ2) is 7.51. The number of rotatable bonds is 3. The van der Waals surface area contributed by atoms with Crippen molar-refractivity contribution in [2.45, 2.75) is 6.17 Å². The van der Waals surface area contributed by atoms with Gasteiger partial charge in [0.25, 0.3) is 5.91 Å². The van der Waals surface area contributed by atoms with Gasteiger partial charge in [0.05, 0.1) is 39.6 Å². The first-order valence-electron chi connectivity index (χ1n) is 7.86. The van der Waals surface area contributed by atoms with Crippen molar-refractivity contribution in [1.29, 1.82) is 0 Å². The molecule has 1 amide bonds. The van der Waals surface area contributed by atoms with Gasteiger partial charge < -0.3 is 19.1 Å². The molecule has 7 heteroatoms. The van der Waals surface area contributed by atoms with Gasteiger partial charge in [0, 0.05) is 39.3 Å². The first-order valence-corrected chi connectivity index (χ1v) is 7.86. The third-order valence-electron chi connectivity index (χ3n) is 4.33. The molecule has 120 valence electrons. The van der Waals surface area contributed by atoms with Crippen LogP contribution >= 0.6 is 0 Å². The van der Waals surface area contributed by atoms with E-state index in [1.165, 1.54) is 0 Å². The standard InChI is InChI=1S/C14H25N3O4/c18-14(17-5-11-21-12-6-17)13(15-1-7-19-8-2-15)16-3-9-20-10-4-16/h13H,1-12H2. The Morgan fingerprint density at radius 2 is 1.05 bits per heavy atom. The molecular formula is C14H25N3O4. The number of morpholine rings is 3. The van der Waals surface area contributed by atoms with Crippen LogP contribution in [0.3, 0.4) is 0 Å². The molecule has 3 aliphatic rings. The lowest BCUT2D eigenvalue weighted by atomic mass is 10.2. The maximum atomic E-state index is 13.0. The molecule has 0 unspecified atom stereocenters. The van der Waals surface area contributed by atoms with Gasteiger partial charge in [-0.3, -0.25) is 14.6 Å². The predicted octanol–water partition coefficient (Wildman–Crippen LogP) is -1.16. The Morgan fingerprint density at radius 3 is 1.48 bits per heavy atom. The normalized spacial score (nSPS) is 26.2. The van der Waals surface area contributed by atoms with Gasteiger partial charge in [-0.15, -0.1) is 0 Å². The average molecular weight is 299 g/mol. The van der Waals surface area contributed by atoms with Gasteiger partial charge in [0.1, 0.15) is 6.17 Å². The highest BCUT2D eigenvalue weighted by Gasteiger charge is 2.36. The third-order valence-corrected chi connectivity index (χ3v) is 4.33. The van der Waals surface area contributed by atoms with Crippen LogP contribution in [0.2, 0.25) is 0 Å². The number of carbonyl (C=O) groups excluding carboxylic acids is 1. The minimum absolute atomic E-state index is 0.170. The van der Waals surface area contributed by atoms with E-state index in [4.69, 9.17) is 14.2 Å². The number of amides is 1. The van der Waals surface area contributed by atoms with Crippen LogP contribution in [0.4, 0.5) is 0 Å². The molecule has 0 spiro atoms. The average Bonchev–Trinajstić information content (AvgIpc) is 2.58. The van der Waals surface area contributed by atoms with Crippen LogP contribution in [-0.2, 0) is 19.0 Å². The van der Waals surface area contributed by atoms with Gasteiger partial charge in [-0.2, -0.15) is 0 Å². The Balaban J connectivity index is 1.71. The molecule has 0 aromatic rings. The highest BCUT2D eigenvalue weighted by molar-refractivity contribution is 5.81. The van der Waals surface area contributed by atoms with Crippen molar-refractivity contribution in [3.63, 3.8) is 0 Å². The quantitative estimate of drug-likeness (QED) is 0.655. The number of ether oxygens (including phenoxy) is 3. The van der Waals surface area contributed by atoms with Gasteiger partial charge in [-0.1, -0.05) is 0 Å². The lowest BCUT2D eigenvalue weighted by Crippen LogP contribution is -2.62. The summed E-state index contributed by atoms with van der Waals surface area (Å²) in [6, 6.07) is 0. The molecule has 0 aromatic carbocycles. The van der Waals surface area contributed by atoms with Gasteiger partial charge in [-0.25, -0.2) is 0 Å². The Kier molecular flexibility index (Phi) is 5.43. The zero-order valence-electron chi connectivity index (χ0n) is 12.5. The lowest BCUT2D eigenvalue weighted by molar-refractivity contribution is -0.155.